The molecule has 0 radical (unpaired) electrons. The summed E-state index contributed by atoms with van der Waals surface area (Å²) < 4.78 is 46.2. The van der Waals surface area contributed by atoms with Crippen molar-refractivity contribution in [2.24, 2.45) is 5.73 Å². The number of carbonyl (C=O) groups excluding carboxylic acids is 1. The molecule has 0 aliphatic heterocycles. The first-order valence-electron chi connectivity index (χ1n) is 11.3. The van der Waals surface area contributed by atoms with Crippen molar-refractivity contribution in [1.29, 1.82) is 0 Å². The number of nitrogens with two attached hydrogens (primary N) is 1. The van der Waals surface area contributed by atoms with Crippen molar-refractivity contribution in [3.05, 3.63) is 94.4 Å². The Labute approximate surface area is 206 Å². The van der Waals surface area contributed by atoms with Crippen molar-refractivity contribution < 1.29 is 18.0 Å². The highest BCUT2D eigenvalue weighted by atomic mass is 19.4. The minimum Gasteiger partial charge on any atom is -0.365 e. The van der Waals surface area contributed by atoms with Gasteiger partial charge in [-0.3, -0.25) is 14.0 Å². The zero-order chi connectivity index (χ0) is 25.9. The number of hydrogen-bond acceptors (Lipinski definition) is 5. The highest BCUT2D eigenvalue weighted by Crippen LogP contribution is 2.45. The maximum absolute atomic E-state index is 14.1. The van der Waals surface area contributed by atoms with Crippen molar-refractivity contribution in [3.8, 4) is 22.6 Å². The van der Waals surface area contributed by atoms with Crippen LogP contribution in [0.25, 0.3) is 28.3 Å². The first kappa shape index (κ1) is 22.7. The average molecular weight is 505 g/mol. The number of fused-ring (bicyclic) bond motifs is 1. The van der Waals surface area contributed by atoms with E-state index in [-0.39, 0.29) is 39.6 Å². The third kappa shape index (κ3) is 3.77. The predicted octanol–water partition coefficient (Wildman–Crippen LogP) is 3.73. The second-order valence-electron chi connectivity index (χ2n) is 8.71. The topological polar surface area (TPSA) is 113 Å². The Hall–Kier alpha value is -4.74. The minimum absolute atomic E-state index is 0.0206. The van der Waals surface area contributed by atoms with Gasteiger partial charge in [0.15, 0.2) is 5.65 Å². The highest BCUT2D eigenvalue weighted by Gasteiger charge is 2.38. The van der Waals surface area contributed by atoms with Crippen LogP contribution in [0.4, 0.5) is 13.2 Å². The Morgan fingerprint density at radius 3 is 2.51 bits per heavy atom. The number of halogens is 3. The molecule has 186 valence electrons. The number of benzene rings is 1. The molecule has 1 aromatic carbocycles. The van der Waals surface area contributed by atoms with Gasteiger partial charge >= 0.3 is 6.18 Å². The Morgan fingerprint density at radius 2 is 1.84 bits per heavy atom. The van der Waals surface area contributed by atoms with Crippen molar-refractivity contribution in [2.45, 2.75) is 24.9 Å². The van der Waals surface area contributed by atoms with E-state index in [1.807, 2.05) is 0 Å². The molecule has 5 aromatic rings. The van der Waals surface area contributed by atoms with Crippen LogP contribution in [0.5, 0.6) is 0 Å². The van der Waals surface area contributed by atoms with Crippen LogP contribution in [0.1, 0.15) is 40.4 Å². The highest BCUT2D eigenvalue weighted by molar-refractivity contribution is 6.01. The van der Waals surface area contributed by atoms with Gasteiger partial charge in [-0.05, 0) is 43.2 Å². The van der Waals surface area contributed by atoms with Crippen molar-refractivity contribution in [1.82, 2.24) is 28.9 Å². The molecule has 12 heteroatoms. The predicted molar refractivity (Wildman–Crippen MR) is 127 cm³/mol. The fourth-order valence-corrected chi connectivity index (χ4v) is 4.53. The molecule has 1 aliphatic carbocycles. The molecular formula is C25H18F3N7O2. The molecule has 0 unspecified atom stereocenters. The third-order valence-corrected chi connectivity index (χ3v) is 6.28. The van der Waals surface area contributed by atoms with Crippen molar-refractivity contribution in [3.63, 3.8) is 0 Å². The van der Waals surface area contributed by atoms with Gasteiger partial charge in [0.1, 0.15) is 11.4 Å². The van der Waals surface area contributed by atoms with Crippen molar-refractivity contribution in [2.75, 3.05) is 0 Å². The summed E-state index contributed by atoms with van der Waals surface area (Å²) >= 11 is 0. The quantitative estimate of drug-likeness (QED) is 0.391. The summed E-state index contributed by atoms with van der Waals surface area (Å²) in [6.07, 6.45) is 2.52. The number of aromatic nitrogens is 6. The summed E-state index contributed by atoms with van der Waals surface area (Å²) in [6.45, 7) is 0. The number of hydrogen-bond donors (Lipinski definition) is 1. The van der Waals surface area contributed by atoms with Gasteiger partial charge < -0.3 is 5.73 Å². The van der Waals surface area contributed by atoms with Crippen LogP contribution in [0.2, 0.25) is 0 Å². The number of alkyl halides is 3. The third-order valence-electron chi connectivity index (χ3n) is 6.28. The molecule has 0 saturated heterocycles. The van der Waals surface area contributed by atoms with E-state index >= 15 is 0 Å². The first-order chi connectivity index (χ1) is 17.7. The molecule has 1 amide bonds. The summed E-state index contributed by atoms with van der Waals surface area (Å²) in [5.41, 5.74) is 5.67. The van der Waals surface area contributed by atoms with Gasteiger partial charge in [0, 0.05) is 42.3 Å². The summed E-state index contributed by atoms with van der Waals surface area (Å²) in [5, 5.41) is 8.52. The number of amides is 1. The molecule has 0 bridgehead atoms. The van der Waals surface area contributed by atoms with E-state index in [1.165, 1.54) is 51.9 Å². The van der Waals surface area contributed by atoms with Crippen LogP contribution < -0.4 is 11.3 Å². The average Bonchev–Trinajstić information content (AvgIpc) is 3.40. The van der Waals surface area contributed by atoms with E-state index in [1.54, 1.807) is 18.3 Å². The molecule has 1 saturated carbocycles. The number of rotatable bonds is 5. The normalized spacial score (nSPS) is 13.8. The smallest absolute Gasteiger partial charge is 0.365 e. The molecule has 37 heavy (non-hydrogen) atoms. The van der Waals surface area contributed by atoms with Gasteiger partial charge in [-0.1, -0.05) is 6.07 Å². The monoisotopic (exact) mass is 505 g/mol. The maximum Gasteiger partial charge on any atom is 0.418 e. The number of nitrogens with zero attached hydrogens (tertiary/aromatic N) is 6. The van der Waals surface area contributed by atoms with E-state index in [0.29, 0.717) is 11.4 Å². The molecule has 1 fully saturated rings. The van der Waals surface area contributed by atoms with Gasteiger partial charge in [0.25, 0.3) is 11.5 Å². The Morgan fingerprint density at radius 1 is 1.03 bits per heavy atom. The molecule has 9 nitrogen and oxygen atoms in total. The Bertz CT molecular complexity index is 1730. The Kier molecular flexibility index (Phi) is 5.00. The van der Waals surface area contributed by atoms with E-state index in [4.69, 9.17) is 5.73 Å². The zero-order valence-corrected chi connectivity index (χ0v) is 19.1. The molecule has 2 N–H and O–H groups in total. The minimum atomic E-state index is -4.70. The molecule has 0 spiro atoms. The van der Waals surface area contributed by atoms with Gasteiger partial charge in [-0.25, -0.2) is 14.3 Å². The molecule has 0 atom stereocenters. The number of pyridine rings is 1. The molecule has 4 heterocycles. The zero-order valence-electron chi connectivity index (χ0n) is 19.1. The number of carbonyl (C=O) groups is 1. The van der Waals surface area contributed by atoms with Gasteiger partial charge in [0.05, 0.1) is 22.5 Å². The van der Waals surface area contributed by atoms with E-state index in [0.717, 1.165) is 23.6 Å². The summed E-state index contributed by atoms with van der Waals surface area (Å²) in [4.78, 5) is 29.4. The van der Waals surface area contributed by atoms with Crippen LogP contribution in [-0.4, -0.2) is 34.9 Å². The maximum atomic E-state index is 14.1. The Balaban J connectivity index is 1.63. The standard InChI is InChI=1S/C25H18F3N7O2/c26-25(27,28)16-13-15(6-7-17(16)34-12-2-9-31-34)21-20(23(29)37)22(14-4-5-14)35(32-21)18-3-1-11-33-19(36)8-10-30-24(18)33/h1-3,6-14H,4-5H2,(H2,29,37). The van der Waals surface area contributed by atoms with E-state index in [9.17, 15) is 22.8 Å². The van der Waals surface area contributed by atoms with E-state index in [2.05, 4.69) is 15.2 Å². The fourth-order valence-electron chi connectivity index (χ4n) is 4.53. The largest absolute Gasteiger partial charge is 0.418 e. The SMILES string of the molecule is NC(=O)c1c(-c2ccc(-n3cccn3)c(C(F)(F)F)c2)nn(-c2cccn3c(=O)ccnc23)c1C1CC1. The van der Waals surface area contributed by atoms with Crippen LogP contribution in [-0.2, 0) is 6.18 Å². The number of primary amides is 1. The summed E-state index contributed by atoms with van der Waals surface area (Å²) in [5.74, 6) is -0.872. The van der Waals surface area contributed by atoms with Crippen LogP contribution in [0, 0.1) is 0 Å². The fraction of sp³-hybridized carbons (Fsp3) is 0.160. The lowest BCUT2D eigenvalue weighted by atomic mass is 10.00. The van der Waals surface area contributed by atoms with Crippen LogP contribution in [0.15, 0.2) is 72.0 Å². The molecule has 4 aromatic heterocycles. The lowest BCUT2D eigenvalue weighted by Crippen LogP contribution is -2.17. The van der Waals surface area contributed by atoms with Crippen LogP contribution >= 0.6 is 0 Å². The second kappa shape index (κ2) is 8.15. The first-order valence-corrected chi connectivity index (χ1v) is 11.3. The summed E-state index contributed by atoms with van der Waals surface area (Å²) in [6, 6.07) is 9.82. The van der Waals surface area contributed by atoms with Gasteiger partial charge in [-0.2, -0.15) is 23.4 Å². The molecule has 1 aliphatic rings. The van der Waals surface area contributed by atoms with Crippen LogP contribution in [0.3, 0.4) is 0 Å². The van der Waals surface area contributed by atoms with E-state index < -0.39 is 17.6 Å². The lowest BCUT2D eigenvalue weighted by molar-refractivity contribution is -0.137. The summed E-state index contributed by atoms with van der Waals surface area (Å²) in [7, 11) is 0. The van der Waals surface area contributed by atoms with Crippen molar-refractivity contribution >= 4 is 11.6 Å². The lowest BCUT2D eigenvalue weighted by Gasteiger charge is -2.14. The van der Waals surface area contributed by atoms with Gasteiger partial charge in [0.2, 0.25) is 0 Å². The molecule has 6 rings (SSSR count). The second-order valence-corrected chi connectivity index (χ2v) is 8.71. The molecular weight excluding hydrogens is 487 g/mol. The van der Waals surface area contributed by atoms with Gasteiger partial charge in [-0.15, -0.1) is 0 Å².